The van der Waals surface area contributed by atoms with Crippen molar-refractivity contribution in [1.82, 2.24) is 0 Å². The molecule has 3 rings (SSSR count). The van der Waals surface area contributed by atoms with Gasteiger partial charge in [-0.15, -0.1) is 0 Å². The van der Waals surface area contributed by atoms with Crippen molar-refractivity contribution in [3.8, 4) is 17.6 Å². The number of hydrogen-bond donors (Lipinski definition) is 1. The highest BCUT2D eigenvalue weighted by Gasteiger charge is 2.12. The summed E-state index contributed by atoms with van der Waals surface area (Å²) in [5, 5.41) is 12.3. The van der Waals surface area contributed by atoms with Gasteiger partial charge in [-0.3, -0.25) is 4.79 Å². The third-order valence-electron chi connectivity index (χ3n) is 4.87. The number of nitrogens with one attached hydrogen (secondary N) is 1. The number of anilines is 1. The SMILES string of the molecule is COc1cc(/C=C(\C#N)C(=O)Nc2ccc(C)c(C)c2)ccc1OCc1ccccc1. The van der Waals surface area contributed by atoms with Crippen molar-refractivity contribution < 1.29 is 14.3 Å². The van der Waals surface area contributed by atoms with Crippen LogP contribution in [0, 0.1) is 25.2 Å². The summed E-state index contributed by atoms with van der Waals surface area (Å²) in [4.78, 5) is 12.6. The van der Waals surface area contributed by atoms with E-state index in [1.807, 2.05) is 68.4 Å². The molecule has 1 N–H and O–H groups in total. The van der Waals surface area contributed by atoms with Crippen LogP contribution < -0.4 is 14.8 Å². The molecule has 0 aromatic heterocycles. The van der Waals surface area contributed by atoms with Crippen molar-refractivity contribution in [3.63, 3.8) is 0 Å². The Morgan fingerprint density at radius 2 is 1.77 bits per heavy atom. The Balaban J connectivity index is 1.75. The smallest absolute Gasteiger partial charge is 0.266 e. The van der Waals surface area contributed by atoms with Crippen LogP contribution in [0.2, 0.25) is 0 Å². The number of carbonyl (C=O) groups excluding carboxylic acids is 1. The van der Waals surface area contributed by atoms with Gasteiger partial charge in [-0.25, -0.2) is 0 Å². The van der Waals surface area contributed by atoms with E-state index in [0.29, 0.717) is 29.4 Å². The molecule has 0 fully saturated rings. The summed E-state index contributed by atoms with van der Waals surface area (Å²) in [7, 11) is 1.55. The summed E-state index contributed by atoms with van der Waals surface area (Å²) in [6.45, 7) is 4.39. The Morgan fingerprint density at radius 1 is 1.00 bits per heavy atom. The number of benzene rings is 3. The maximum atomic E-state index is 12.6. The fraction of sp³-hybridized carbons (Fsp3) is 0.154. The molecule has 31 heavy (non-hydrogen) atoms. The van der Waals surface area contributed by atoms with Gasteiger partial charge in [0.2, 0.25) is 0 Å². The van der Waals surface area contributed by atoms with Gasteiger partial charge in [0.05, 0.1) is 7.11 Å². The Kier molecular flexibility index (Phi) is 7.08. The van der Waals surface area contributed by atoms with Crippen LogP contribution in [0.3, 0.4) is 0 Å². The topological polar surface area (TPSA) is 71.3 Å². The van der Waals surface area contributed by atoms with Crippen LogP contribution in [-0.4, -0.2) is 13.0 Å². The molecule has 0 saturated carbocycles. The molecule has 0 unspecified atom stereocenters. The fourth-order valence-electron chi connectivity index (χ4n) is 2.96. The van der Waals surface area contributed by atoms with Gasteiger partial charge < -0.3 is 14.8 Å². The number of rotatable bonds is 7. The molecular formula is C26H24N2O3. The Morgan fingerprint density at radius 3 is 2.45 bits per heavy atom. The molecular weight excluding hydrogens is 388 g/mol. The van der Waals surface area contributed by atoms with Crippen LogP contribution in [0.1, 0.15) is 22.3 Å². The fourth-order valence-corrected chi connectivity index (χ4v) is 2.96. The molecule has 0 spiro atoms. The first-order chi connectivity index (χ1) is 15.0. The summed E-state index contributed by atoms with van der Waals surface area (Å²) in [5.74, 6) is 0.646. The Bertz CT molecular complexity index is 1150. The van der Waals surface area contributed by atoms with Crippen molar-refractivity contribution in [2.45, 2.75) is 20.5 Å². The van der Waals surface area contributed by atoms with Gasteiger partial charge in [0.15, 0.2) is 11.5 Å². The van der Waals surface area contributed by atoms with E-state index in [2.05, 4.69) is 5.32 Å². The zero-order chi connectivity index (χ0) is 22.2. The number of carbonyl (C=O) groups is 1. The highest BCUT2D eigenvalue weighted by Crippen LogP contribution is 2.30. The average Bonchev–Trinajstić information content (AvgIpc) is 2.79. The molecule has 0 bridgehead atoms. The van der Waals surface area contributed by atoms with Crippen LogP contribution in [0.5, 0.6) is 11.5 Å². The second-order valence-corrected chi connectivity index (χ2v) is 7.11. The van der Waals surface area contributed by atoms with Gasteiger partial charge in [0.25, 0.3) is 5.91 Å². The highest BCUT2D eigenvalue weighted by molar-refractivity contribution is 6.09. The quantitative estimate of drug-likeness (QED) is 0.414. The van der Waals surface area contributed by atoms with Crippen LogP contribution in [0.25, 0.3) is 6.08 Å². The van der Waals surface area contributed by atoms with E-state index in [9.17, 15) is 10.1 Å². The monoisotopic (exact) mass is 412 g/mol. The molecule has 3 aromatic rings. The minimum Gasteiger partial charge on any atom is -0.493 e. The lowest BCUT2D eigenvalue weighted by atomic mass is 10.1. The van der Waals surface area contributed by atoms with Crippen LogP contribution in [0.4, 0.5) is 5.69 Å². The highest BCUT2D eigenvalue weighted by atomic mass is 16.5. The minimum atomic E-state index is -0.464. The van der Waals surface area contributed by atoms with Gasteiger partial charge in [0.1, 0.15) is 18.2 Å². The van der Waals surface area contributed by atoms with Gasteiger partial charge in [0, 0.05) is 5.69 Å². The summed E-state index contributed by atoms with van der Waals surface area (Å²) in [6.07, 6.45) is 1.53. The second kappa shape index (κ2) is 10.1. The first-order valence-corrected chi connectivity index (χ1v) is 9.85. The number of hydrogen-bond acceptors (Lipinski definition) is 4. The minimum absolute atomic E-state index is 0.00163. The van der Waals surface area contributed by atoms with Crippen LogP contribution in [-0.2, 0) is 11.4 Å². The van der Waals surface area contributed by atoms with Crippen molar-refractivity contribution >= 4 is 17.7 Å². The predicted molar refractivity (Wildman–Crippen MR) is 122 cm³/mol. The van der Waals surface area contributed by atoms with E-state index in [4.69, 9.17) is 9.47 Å². The van der Waals surface area contributed by atoms with Gasteiger partial charge in [-0.1, -0.05) is 42.5 Å². The molecule has 156 valence electrons. The maximum absolute atomic E-state index is 12.6. The first kappa shape index (κ1) is 21.7. The molecule has 0 atom stereocenters. The average molecular weight is 412 g/mol. The summed E-state index contributed by atoms with van der Waals surface area (Å²) in [6, 6.07) is 22.7. The zero-order valence-corrected chi connectivity index (χ0v) is 17.8. The molecule has 0 aliphatic heterocycles. The molecule has 0 aliphatic carbocycles. The maximum Gasteiger partial charge on any atom is 0.266 e. The van der Waals surface area contributed by atoms with Crippen LogP contribution in [0.15, 0.2) is 72.3 Å². The van der Waals surface area contributed by atoms with Crippen LogP contribution >= 0.6 is 0 Å². The van der Waals surface area contributed by atoms with Crippen molar-refractivity contribution in [3.05, 3.63) is 94.6 Å². The van der Waals surface area contributed by atoms with Gasteiger partial charge >= 0.3 is 0 Å². The van der Waals surface area contributed by atoms with E-state index < -0.39 is 5.91 Å². The van der Waals surface area contributed by atoms with E-state index in [-0.39, 0.29) is 5.57 Å². The van der Waals surface area contributed by atoms with E-state index in [1.54, 1.807) is 25.3 Å². The second-order valence-electron chi connectivity index (χ2n) is 7.11. The van der Waals surface area contributed by atoms with Crippen molar-refractivity contribution in [2.24, 2.45) is 0 Å². The lowest BCUT2D eigenvalue weighted by Gasteiger charge is -2.12. The summed E-state index contributed by atoms with van der Waals surface area (Å²) >= 11 is 0. The lowest BCUT2D eigenvalue weighted by molar-refractivity contribution is -0.112. The number of aryl methyl sites for hydroxylation is 2. The largest absolute Gasteiger partial charge is 0.493 e. The van der Waals surface area contributed by atoms with E-state index in [0.717, 1.165) is 16.7 Å². The number of nitrogens with zero attached hydrogens (tertiary/aromatic N) is 1. The molecule has 0 saturated heterocycles. The molecule has 1 amide bonds. The predicted octanol–water partition coefficient (Wildman–Crippen LogP) is 5.44. The lowest BCUT2D eigenvalue weighted by Crippen LogP contribution is -2.13. The van der Waals surface area contributed by atoms with E-state index >= 15 is 0 Å². The third kappa shape index (κ3) is 5.74. The Labute approximate surface area is 182 Å². The normalized spacial score (nSPS) is 10.8. The zero-order valence-electron chi connectivity index (χ0n) is 17.8. The van der Waals surface area contributed by atoms with Gasteiger partial charge in [-0.2, -0.15) is 5.26 Å². The number of methoxy groups -OCH3 is 1. The summed E-state index contributed by atoms with van der Waals surface area (Å²) in [5.41, 5.74) is 4.56. The first-order valence-electron chi connectivity index (χ1n) is 9.85. The molecule has 0 radical (unpaired) electrons. The Hall–Kier alpha value is -4.04. The number of amides is 1. The van der Waals surface area contributed by atoms with Crippen molar-refractivity contribution in [1.29, 1.82) is 5.26 Å². The number of ether oxygens (including phenoxy) is 2. The molecule has 5 nitrogen and oxygen atoms in total. The molecule has 3 aromatic carbocycles. The molecule has 0 aliphatic rings. The molecule has 5 heteroatoms. The standard InChI is InChI=1S/C26H24N2O3/c1-18-9-11-23(13-19(18)2)28-26(29)22(16-27)14-21-10-12-24(25(15-21)30-3)31-17-20-7-5-4-6-8-20/h4-15H,17H2,1-3H3,(H,28,29)/b22-14+. The van der Waals surface area contributed by atoms with E-state index in [1.165, 1.54) is 6.08 Å². The van der Waals surface area contributed by atoms with Crippen molar-refractivity contribution in [2.75, 3.05) is 12.4 Å². The number of nitriles is 1. The van der Waals surface area contributed by atoms with Gasteiger partial charge in [-0.05, 0) is 66.4 Å². The third-order valence-corrected chi connectivity index (χ3v) is 4.87. The summed E-state index contributed by atoms with van der Waals surface area (Å²) < 4.78 is 11.3. The molecule has 0 heterocycles.